The number of hydrogen-bond acceptors (Lipinski definition) is 2. The van der Waals surface area contributed by atoms with Gasteiger partial charge in [0.15, 0.2) is 0 Å². The van der Waals surface area contributed by atoms with Gasteiger partial charge in [-0.2, -0.15) is 0 Å². The highest BCUT2D eigenvalue weighted by Gasteiger charge is 2.62. The highest BCUT2D eigenvalue weighted by Crippen LogP contribution is 2.58. The first-order chi connectivity index (χ1) is 15.0. The predicted octanol–water partition coefficient (Wildman–Crippen LogP) is 8.24. The Hall–Kier alpha value is -2.36. The number of allylic oxidation sites excluding steroid dienone is 3. The molecule has 168 valence electrons. The molecule has 0 saturated carbocycles. The standard InChI is InChI=1S/C29H37NOSi/c1-22-17-19-25(20-18-22)30-21-24-15-11-12-16-26(24)27(23-13-9-8-10-14-23)31-32(30,28(2,3)4)29(5,6)7/h8-21,26-27H,1-7H3/t26-,27-/m0/s1. The van der Waals surface area contributed by atoms with Gasteiger partial charge in [-0.15, -0.1) is 0 Å². The van der Waals surface area contributed by atoms with Crippen LogP contribution in [0.2, 0.25) is 10.1 Å². The Kier molecular flexibility index (Phi) is 5.85. The Balaban J connectivity index is 2.02. The zero-order valence-corrected chi connectivity index (χ0v) is 21.6. The number of nitrogens with zero attached hydrogens (tertiary/aromatic N) is 1. The molecule has 1 heterocycles. The van der Waals surface area contributed by atoms with Gasteiger partial charge in [0.05, 0.1) is 6.10 Å². The molecule has 0 fully saturated rings. The largest absolute Gasteiger partial charge is 0.390 e. The fourth-order valence-corrected chi connectivity index (χ4v) is 11.6. The van der Waals surface area contributed by atoms with Gasteiger partial charge >= 0.3 is 8.48 Å². The normalized spacial score (nSPS) is 22.8. The van der Waals surface area contributed by atoms with Crippen LogP contribution < -0.4 is 4.57 Å². The van der Waals surface area contributed by atoms with Gasteiger partial charge in [-0.25, -0.2) is 0 Å². The van der Waals surface area contributed by atoms with Crippen LogP contribution in [-0.4, -0.2) is 8.48 Å². The van der Waals surface area contributed by atoms with Gasteiger partial charge in [0.1, 0.15) is 0 Å². The van der Waals surface area contributed by atoms with E-state index in [4.69, 9.17) is 4.43 Å². The average Bonchev–Trinajstić information content (AvgIpc) is 2.90. The summed E-state index contributed by atoms with van der Waals surface area (Å²) in [6, 6.07) is 19.7. The van der Waals surface area contributed by atoms with E-state index in [2.05, 4.69) is 138 Å². The number of anilines is 1. The maximum Gasteiger partial charge on any atom is 0.316 e. The van der Waals surface area contributed by atoms with Crippen molar-refractivity contribution in [1.82, 2.24) is 0 Å². The van der Waals surface area contributed by atoms with Gasteiger partial charge in [-0.05, 0) is 30.2 Å². The maximum atomic E-state index is 7.61. The molecule has 2 aromatic carbocycles. The molecule has 0 spiro atoms. The van der Waals surface area contributed by atoms with Gasteiger partial charge in [0, 0.05) is 27.9 Å². The Labute approximate surface area is 195 Å². The molecule has 0 aromatic heterocycles. The van der Waals surface area contributed by atoms with E-state index >= 15 is 0 Å². The van der Waals surface area contributed by atoms with Crippen LogP contribution in [0.4, 0.5) is 5.69 Å². The fraction of sp³-hybridized carbons (Fsp3) is 0.379. The predicted molar refractivity (Wildman–Crippen MR) is 139 cm³/mol. The molecular formula is C29H37NOSi. The molecule has 2 nitrogen and oxygen atoms in total. The fourth-order valence-electron chi connectivity index (χ4n) is 5.61. The molecule has 32 heavy (non-hydrogen) atoms. The average molecular weight is 444 g/mol. The van der Waals surface area contributed by atoms with Crippen molar-refractivity contribution in [2.75, 3.05) is 4.57 Å². The van der Waals surface area contributed by atoms with Gasteiger partial charge in [0.25, 0.3) is 0 Å². The van der Waals surface area contributed by atoms with E-state index in [0.717, 1.165) is 0 Å². The third-order valence-corrected chi connectivity index (χ3v) is 12.5. The quantitative estimate of drug-likeness (QED) is 0.433. The third kappa shape index (κ3) is 3.82. The second-order valence-electron chi connectivity index (χ2n) is 11.2. The van der Waals surface area contributed by atoms with Gasteiger partial charge < -0.3 is 8.99 Å². The van der Waals surface area contributed by atoms with Crippen LogP contribution in [0, 0.1) is 12.8 Å². The second-order valence-corrected chi connectivity index (χ2v) is 16.2. The van der Waals surface area contributed by atoms with Crippen molar-refractivity contribution in [3.05, 3.63) is 102 Å². The lowest BCUT2D eigenvalue weighted by Gasteiger charge is -2.56. The van der Waals surface area contributed by atoms with Gasteiger partial charge in [0.2, 0.25) is 0 Å². The molecule has 2 atom stereocenters. The molecule has 0 amide bonds. The van der Waals surface area contributed by atoms with E-state index in [0.29, 0.717) is 0 Å². The summed E-state index contributed by atoms with van der Waals surface area (Å²) in [4.78, 5) is 0. The van der Waals surface area contributed by atoms with E-state index in [1.165, 1.54) is 22.4 Å². The van der Waals surface area contributed by atoms with Crippen LogP contribution in [-0.2, 0) is 4.43 Å². The van der Waals surface area contributed by atoms with E-state index in [9.17, 15) is 0 Å². The lowest BCUT2D eigenvalue weighted by molar-refractivity contribution is 0.141. The minimum Gasteiger partial charge on any atom is -0.390 e. The van der Waals surface area contributed by atoms with Crippen LogP contribution in [0.5, 0.6) is 0 Å². The number of hydrogen-bond donors (Lipinski definition) is 0. The Morgan fingerprint density at radius 1 is 0.812 bits per heavy atom. The molecule has 0 saturated heterocycles. The molecule has 3 heteroatoms. The first-order valence-corrected chi connectivity index (χ1v) is 13.6. The summed E-state index contributed by atoms with van der Waals surface area (Å²) >= 11 is 0. The smallest absolute Gasteiger partial charge is 0.316 e. The monoisotopic (exact) mass is 443 g/mol. The van der Waals surface area contributed by atoms with Gasteiger partial charge in [-0.3, -0.25) is 0 Å². The summed E-state index contributed by atoms with van der Waals surface area (Å²) in [6.45, 7) is 16.4. The lowest BCUT2D eigenvalue weighted by atomic mass is 9.86. The molecule has 2 aliphatic rings. The van der Waals surface area contributed by atoms with Crippen molar-refractivity contribution in [3.63, 3.8) is 0 Å². The topological polar surface area (TPSA) is 12.5 Å². The lowest BCUT2D eigenvalue weighted by Crippen LogP contribution is -2.66. The molecule has 0 unspecified atom stereocenters. The van der Waals surface area contributed by atoms with Crippen molar-refractivity contribution in [2.24, 2.45) is 5.92 Å². The van der Waals surface area contributed by atoms with Crippen LogP contribution in [0.25, 0.3) is 0 Å². The molecule has 0 radical (unpaired) electrons. The molecule has 0 bridgehead atoms. The molecule has 0 N–H and O–H groups in total. The zero-order chi connectivity index (χ0) is 23.1. The zero-order valence-electron chi connectivity index (χ0n) is 20.6. The SMILES string of the molecule is Cc1ccc(N2C=C3C=CC=C[C@@H]3[C@H](c3ccccc3)O[Si]2(C(C)(C)C)C(C)(C)C)cc1. The molecule has 1 aliphatic heterocycles. The third-order valence-electron chi connectivity index (χ3n) is 6.82. The van der Waals surface area contributed by atoms with Crippen LogP contribution in [0.1, 0.15) is 58.8 Å². The van der Waals surface area contributed by atoms with Crippen LogP contribution in [0.15, 0.2) is 90.7 Å². The van der Waals surface area contributed by atoms with Crippen molar-refractivity contribution in [1.29, 1.82) is 0 Å². The highest BCUT2D eigenvalue weighted by molar-refractivity contribution is 6.83. The Bertz CT molecular complexity index is 1020. The van der Waals surface area contributed by atoms with Crippen molar-refractivity contribution in [3.8, 4) is 0 Å². The van der Waals surface area contributed by atoms with E-state index in [1.807, 2.05) is 0 Å². The van der Waals surface area contributed by atoms with E-state index < -0.39 is 8.48 Å². The molecule has 2 aromatic rings. The number of fused-ring (bicyclic) bond motifs is 1. The minimum absolute atomic E-state index is 0.0239. The number of rotatable bonds is 2. The van der Waals surface area contributed by atoms with Crippen molar-refractivity contribution in [2.45, 2.75) is 64.6 Å². The summed E-state index contributed by atoms with van der Waals surface area (Å²) < 4.78 is 10.2. The van der Waals surface area contributed by atoms with E-state index in [1.54, 1.807) is 0 Å². The maximum absolute atomic E-state index is 7.61. The summed E-state index contributed by atoms with van der Waals surface area (Å²) in [5, 5.41) is -0.0811. The van der Waals surface area contributed by atoms with Crippen molar-refractivity contribution >= 4 is 14.2 Å². The van der Waals surface area contributed by atoms with Gasteiger partial charge in [-0.1, -0.05) is 114 Å². The minimum atomic E-state index is -2.67. The van der Waals surface area contributed by atoms with Crippen LogP contribution >= 0.6 is 0 Å². The van der Waals surface area contributed by atoms with Crippen molar-refractivity contribution < 1.29 is 4.43 Å². The summed E-state index contributed by atoms with van der Waals surface area (Å²) in [5.74, 6) is 0.189. The van der Waals surface area contributed by atoms with Crippen LogP contribution in [0.3, 0.4) is 0 Å². The summed E-state index contributed by atoms with van der Waals surface area (Å²) in [7, 11) is -2.67. The highest BCUT2D eigenvalue weighted by atomic mass is 28.4. The number of benzene rings is 2. The molecule has 4 rings (SSSR count). The molecular weight excluding hydrogens is 406 g/mol. The first-order valence-electron chi connectivity index (χ1n) is 11.7. The number of aryl methyl sites for hydroxylation is 1. The molecule has 1 aliphatic carbocycles. The van der Waals surface area contributed by atoms with E-state index in [-0.39, 0.29) is 22.1 Å². The summed E-state index contributed by atoms with van der Waals surface area (Å²) in [5.41, 5.74) is 5.05. The Morgan fingerprint density at radius 3 is 2.03 bits per heavy atom. The second kappa shape index (κ2) is 8.20. The summed E-state index contributed by atoms with van der Waals surface area (Å²) in [6.07, 6.45) is 11.3. The first kappa shape index (κ1) is 22.8. The Morgan fingerprint density at radius 2 is 1.44 bits per heavy atom.